The predicted octanol–water partition coefficient (Wildman–Crippen LogP) is 3.10. The molecule has 0 saturated carbocycles. The number of ketones is 1. The lowest BCUT2D eigenvalue weighted by molar-refractivity contribution is -0.116. The van der Waals surface area contributed by atoms with Crippen LogP contribution in [0.25, 0.3) is 11.6 Å². The summed E-state index contributed by atoms with van der Waals surface area (Å²) in [5, 5.41) is 6.53. The molecule has 1 aromatic carbocycles. The number of hydrogen-bond acceptors (Lipinski definition) is 6. The van der Waals surface area contributed by atoms with Crippen LogP contribution in [-0.2, 0) is 11.2 Å². The highest BCUT2D eigenvalue weighted by atomic mass is 16.5. The van der Waals surface area contributed by atoms with Crippen LogP contribution in [0.2, 0.25) is 0 Å². The van der Waals surface area contributed by atoms with Gasteiger partial charge in [0, 0.05) is 18.4 Å². The van der Waals surface area contributed by atoms with Gasteiger partial charge in [0.1, 0.15) is 0 Å². The molecule has 122 valence electrons. The number of carbonyl (C=O) groups is 2. The normalized spacial score (nSPS) is 10.5. The molecule has 0 unspecified atom stereocenters. The SMILES string of the molecule is CC(=O)c1ccccc1NC(=O)CCc1nc(-c2ccco2)no1. The number of amides is 1. The van der Waals surface area contributed by atoms with Crippen molar-refractivity contribution in [3.63, 3.8) is 0 Å². The topological polar surface area (TPSA) is 98.2 Å². The molecule has 0 aliphatic heterocycles. The summed E-state index contributed by atoms with van der Waals surface area (Å²) in [5.41, 5.74) is 0.973. The van der Waals surface area contributed by atoms with Crippen LogP contribution in [0.1, 0.15) is 29.6 Å². The minimum atomic E-state index is -0.235. The standard InChI is InChI=1S/C17H15N3O4/c1-11(21)12-5-2-3-6-13(12)18-15(22)8-9-16-19-17(20-24-16)14-7-4-10-23-14/h2-7,10H,8-9H2,1H3,(H,18,22). The number of nitrogens with one attached hydrogen (secondary N) is 1. The van der Waals surface area contributed by atoms with Gasteiger partial charge in [0.25, 0.3) is 0 Å². The maximum absolute atomic E-state index is 12.1. The smallest absolute Gasteiger partial charge is 0.238 e. The average Bonchev–Trinajstić information content (AvgIpc) is 3.24. The van der Waals surface area contributed by atoms with Crippen molar-refractivity contribution >= 4 is 17.4 Å². The van der Waals surface area contributed by atoms with Crippen LogP contribution in [0.3, 0.4) is 0 Å². The van der Waals surface area contributed by atoms with Gasteiger partial charge in [-0.2, -0.15) is 4.98 Å². The monoisotopic (exact) mass is 325 g/mol. The first-order valence-corrected chi connectivity index (χ1v) is 7.40. The van der Waals surface area contributed by atoms with Crippen molar-refractivity contribution in [3.05, 3.63) is 54.1 Å². The number of furan rings is 1. The van der Waals surface area contributed by atoms with E-state index in [1.165, 1.54) is 13.2 Å². The first kappa shape index (κ1) is 15.7. The number of Topliss-reactive ketones (excluding diaryl/α,β-unsaturated/α-hetero) is 1. The highest BCUT2D eigenvalue weighted by Crippen LogP contribution is 2.18. The number of para-hydroxylation sites is 1. The molecule has 1 N–H and O–H groups in total. The van der Waals surface area contributed by atoms with Gasteiger partial charge in [0.15, 0.2) is 11.5 Å². The lowest BCUT2D eigenvalue weighted by Gasteiger charge is -2.08. The van der Waals surface area contributed by atoms with E-state index in [1.54, 1.807) is 36.4 Å². The third-order valence-corrected chi connectivity index (χ3v) is 3.36. The van der Waals surface area contributed by atoms with Crippen molar-refractivity contribution in [2.45, 2.75) is 19.8 Å². The maximum atomic E-state index is 12.1. The largest absolute Gasteiger partial charge is 0.461 e. The molecule has 2 aromatic heterocycles. The summed E-state index contributed by atoms with van der Waals surface area (Å²) < 4.78 is 10.3. The Hall–Kier alpha value is -3.22. The molecule has 24 heavy (non-hydrogen) atoms. The molecule has 7 heteroatoms. The van der Waals surface area contributed by atoms with Gasteiger partial charge in [-0.25, -0.2) is 0 Å². The summed E-state index contributed by atoms with van der Waals surface area (Å²) in [4.78, 5) is 27.8. The van der Waals surface area contributed by atoms with E-state index in [4.69, 9.17) is 8.94 Å². The molecule has 0 bridgehead atoms. The Bertz CT molecular complexity index is 852. The molecule has 0 aliphatic carbocycles. The minimum absolute atomic E-state index is 0.106. The molecule has 0 saturated heterocycles. The van der Waals surface area contributed by atoms with E-state index in [2.05, 4.69) is 15.5 Å². The lowest BCUT2D eigenvalue weighted by Crippen LogP contribution is -2.14. The molecule has 1 amide bonds. The third kappa shape index (κ3) is 3.57. The van der Waals surface area contributed by atoms with Crippen molar-refractivity contribution in [3.8, 4) is 11.6 Å². The Kier molecular flexibility index (Phi) is 4.51. The lowest BCUT2D eigenvalue weighted by atomic mass is 10.1. The van der Waals surface area contributed by atoms with Gasteiger partial charge in [-0.05, 0) is 31.2 Å². The van der Waals surface area contributed by atoms with E-state index in [1.807, 2.05) is 0 Å². The Labute approximate surface area is 137 Å². The minimum Gasteiger partial charge on any atom is -0.461 e. The van der Waals surface area contributed by atoms with Gasteiger partial charge in [0.05, 0.1) is 12.0 Å². The molecule has 3 aromatic rings. The summed E-state index contributed by atoms with van der Waals surface area (Å²) in [7, 11) is 0. The number of anilines is 1. The van der Waals surface area contributed by atoms with Gasteiger partial charge in [-0.1, -0.05) is 17.3 Å². The van der Waals surface area contributed by atoms with Crippen molar-refractivity contribution in [2.24, 2.45) is 0 Å². The van der Waals surface area contributed by atoms with Crippen LogP contribution in [0.15, 0.2) is 51.6 Å². The second-order valence-corrected chi connectivity index (χ2v) is 5.14. The summed E-state index contributed by atoms with van der Waals surface area (Å²) in [5.74, 6) is 0.853. The molecule has 7 nitrogen and oxygen atoms in total. The summed E-state index contributed by atoms with van der Waals surface area (Å²) >= 11 is 0. The number of rotatable bonds is 6. The number of aryl methyl sites for hydroxylation is 1. The molecule has 0 spiro atoms. The van der Waals surface area contributed by atoms with E-state index < -0.39 is 0 Å². The van der Waals surface area contributed by atoms with E-state index >= 15 is 0 Å². The van der Waals surface area contributed by atoms with Crippen LogP contribution in [-0.4, -0.2) is 21.8 Å². The Balaban J connectivity index is 1.59. The number of benzene rings is 1. The molecular weight excluding hydrogens is 310 g/mol. The molecule has 0 aliphatic rings. The molecule has 3 rings (SSSR count). The summed E-state index contributed by atoms with van der Waals surface area (Å²) in [6, 6.07) is 10.3. The van der Waals surface area contributed by atoms with E-state index in [0.29, 0.717) is 35.1 Å². The first-order chi connectivity index (χ1) is 11.6. The van der Waals surface area contributed by atoms with E-state index in [-0.39, 0.29) is 18.1 Å². The average molecular weight is 325 g/mol. The van der Waals surface area contributed by atoms with Gasteiger partial charge < -0.3 is 14.3 Å². The zero-order chi connectivity index (χ0) is 16.9. The number of nitrogens with zero attached hydrogens (tertiary/aromatic N) is 2. The van der Waals surface area contributed by atoms with E-state index in [9.17, 15) is 9.59 Å². The van der Waals surface area contributed by atoms with Gasteiger partial charge >= 0.3 is 0 Å². The zero-order valence-corrected chi connectivity index (χ0v) is 13.0. The molecule has 0 atom stereocenters. The number of hydrogen-bond donors (Lipinski definition) is 1. The fourth-order valence-electron chi connectivity index (χ4n) is 2.19. The predicted molar refractivity (Wildman–Crippen MR) is 85.4 cm³/mol. The molecule has 0 fully saturated rings. The quantitative estimate of drug-likeness (QED) is 0.699. The summed E-state index contributed by atoms with van der Waals surface area (Å²) in [6.45, 7) is 1.46. The summed E-state index contributed by atoms with van der Waals surface area (Å²) in [6.07, 6.45) is 1.97. The van der Waals surface area contributed by atoms with Crippen LogP contribution < -0.4 is 5.32 Å². The maximum Gasteiger partial charge on any atom is 0.238 e. The fraction of sp³-hybridized carbons (Fsp3) is 0.176. The molecular formula is C17H15N3O4. The van der Waals surface area contributed by atoms with Gasteiger partial charge in [-0.3, -0.25) is 9.59 Å². The Morgan fingerprint density at radius 1 is 1.17 bits per heavy atom. The molecule has 2 heterocycles. The van der Waals surface area contributed by atoms with Crippen molar-refractivity contribution < 1.29 is 18.5 Å². The highest BCUT2D eigenvalue weighted by Gasteiger charge is 2.13. The first-order valence-electron chi connectivity index (χ1n) is 7.40. The van der Waals surface area contributed by atoms with Gasteiger partial charge in [-0.15, -0.1) is 0 Å². The van der Waals surface area contributed by atoms with Crippen LogP contribution in [0, 0.1) is 0 Å². The van der Waals surface area contributed by atoms with Gasteiger partial charge in [0.2, 0.25) is 17.6 Å². The van der Waals surface area contributed by atoms with Crippen molar-refractivity contribution in [1.82, 2.24) is 10.1 Å². The van der Waals surface area contributed by atoms with Crippen molar-refractivity contribution in [1.29, 1.82) is 0 Å². The highest BCUT2D eigenvalue weighted by molar-refractivity contribution is 6.03. The second kappa shape index (κ2) is 6.91. The van der Waals surface area contributed by atoms with Crippen LogP contribution in [0.4, 0.5) is 5.69 Å². The Morgan fingerprint density at radius 3 is 2.75 bits per heavy atom. The third-order valence-electron chi connectivity index (χ3n) is 3.36. The molecule has 0 radical (unpaired) electrons. The number of carbonyl (C=O) groups excluding carboxylic acids is 2. The Morgan fingerprint density at radius 2 is 2.00 bits per heavy atom. The van der Waals surface area contributed by atoms with Crippen LogP contribution in [0.5, 0.6) is 0 Å². The van der Waals surface area contributed by atoms with Crippen molar-refractivity contribution in [2.75, 3.05) is 5.32 Å². The fourth-order valence-corrected chi connectivity index (χ4v) is 2.19. The van der Waals surface area contributed by atoms with Crippen LogP contribution >= 0.6 is 0 Å². The van der Waals surface area contributed by atoms with E-state index in [0.717, 1.165) is 0 Å². The zero-order valence-electron chi connectivity index (χ0n) is 13.0. The number of aromatic nitrogens is 2. The second-order valence-electron chi connectivity index (χ2n) is 5.14.